The molecule has 2 aromatic heterocycles. The Bertz CT molecular complexity index is 940. The first-order valence-corrected chi connectivity index (χ1v) is 7.29. The molecular formula is C17H15N5. The third kappa shape index (κ3) is 2.07. The topological polar surface area (TPSA) is 55.1 Å². The lowest BCUT2D eigenvalue weighted by Gasteiger charge is -2.09. The van der Waals surface area contributed by atoms with Crippen LogP contribution in [-0.2, 0) is 6.42 Å². The molecule has 108 valence electrons. The van der Waals surface area contributed by atoms with Crippen molar-refractivity contribution in [1.82, 2.24) is 19.6 Å². The standard InChI is InChI=1S/C17H15N5/c1-2-12-7-9-13(10-8-12)19-16-17-21-18-11-22(17)15-6-4-3-5-14(15)20-16/h3-11H,2H2,1H3,(H,19,20). The molecule has 5 heteroatoms. The van der Waals surface area contributed by atoms with Gasteiger partial charge < -0.3 is 5.32 Å². The van der Waals surface area contributed by atoms with Gasteiger partial charge in [-0.1, -0.05) is 31.2 Å². The van der Waals surface area contributed by atoms with E-state index in [1.807, 2.05) is 28.7 Å². The van der Waals surface area contributed by atoms with E-state index in [0.29, 0.717) is 5.82 Å². The Hall–Kier alpha value is -2.95. The summed E-state index contributed by atoms with van der Waals surface area (Å²) in [6.45, 7) is 2.15. The molecule has 0 radical (unpaired) electrons. The fraction of sp³-hybridized carbons (Fsp3) is 0.118. The maximum absolute atomic E-state index is 4.68. The highest BCUT2D eigenvalue weighted by Crippen LogP contribution is 2.23. The minimum absolute atomic E-state index is 0.709. The molecule has 0 unspecified atom stereocenters. The Morgan fingerprint density at radius 1 is 1.05 bits per heavy atom. The van der Waals surface area contributed by atoms with Crippen LogP contribution in [0.25, 0.3) is 16.7 Å². The molecule has 0 aliphatic rings. The van der Waals surface area contributed by atoms with Crippen LogP contribution in [0.1, 0.15) is 12.5 Å². The average molecular weight is 289 g/mol. The highest BCUT2D eigenvalue weighted by atomic mass is 15.3. The Kier molecular flexibility index (Phi) is 2.96. The van der Waals surface area contributed by atoms with Crippen molar-refractivity contribution in [2.45, 2.75) is 13.3 Å². The molecule has 0 bridgehead atoms. The number of hydrogen-bond donors (Lipinski definition) is 1. The molecule has 2 heterocycles. The van der Waals surface area contributed by atoms with Gasteiger partial charge in [0.25, 0.3) is 0 Å². The van der Waals surface area contributed by atoms with E-state index in [0.717, 1.165) is 28.8 Å². The summed E-state index contributed by atoms with van der Waals surface area (Å²) in [4.78, 5) is 4.68. The Morgan fingerprint density at radius 3 is 2.68 bits per heavy atom. The van der Waals surface area contributed by atoms with E-state index in [2.05, 4.69) is 51.7 Å². The van der Waals surface area contributed by atoms with Crippen LogP contribution in [0.5, 0.6) is 0 Å². The summed E-state index contributed by atoms with van der Waals surface area (Å²) in [7, 11) is 0. The highest BCUT2D eigenvalue weighted by Gasteiger charge is 2.10. The van der Waals surface area contributed by atoms with Crippen molar-refractivity contribution in [2.75, 3.05) is 5.32 Å². The van der Waals surface area contributed by atoms with E-state index in [-0.39, 0.29) is 0 Å². The maximum Gasteiger partial charge on any atom is 0.204 e. The van der Waals surface area contributed by atoms with Gasteiger partial charge in [-0.05, 0) is 36.2 Å². The third-order valence-electron chi connectivity index (χ3n) is 3.76. The minimum atomic E-state index is 0.709. The van der Waals surface area contributed by atoms with E-state index in [1.54, 1.807) is 6.33 Å². The summed E-state index contributed by atoms with van der Waals surface area (Å²) in [5.74, 6) is 0.709. The van der Waals surface area contributed by atoms with Gasteiger partial charge in [0.05, 0.1) is 11.0 Å². The second-order valence-corrected chi connectivity index (χ2v) is 5.15. The zero-order valence-electron chi connectivity index (χ0n) is 12.2. The molecule has 0 fully saturated rings. The predicted octanol–water partition coefficient (Wildman–Crippen LogP) is 3.58. The van der Waals surface area contributed by atoms with Gasteiger partial charge in [-0.3, -0.25) is 4.40 Å². The second kappa shape index (κ2) is 5.11. The van der Waals surface area contributed by atoms with Gasteiger partial charge in [0, 0.05) is 5.69 Å². The van der Waals surface area contributed by atoms with Crippen LogP contribution in [0.3, 0.4) is 0 Å². The number of rotatable bonds is 3. The first kappa shape index (κ1) is 12.8. The van der Waals surface area contributed by atoms with Gasteiger partial charge in [-0.2, -0.15) is 0 Å². The summed E-state index contributed by atoms with van der Waals surface area (Å²) in [6.07, 6.45) is 2.74. The molecule has 0 atom stereocenters. The number of aromatic nitrogens is 4. The molecule has 0 aliphatic heterocycles. The van der Waals surface area contributed by atoms with Crippen LogP contribution in [0, 0.1) is 0 Å². The van der Waals surface area contributed by atoms with Gasteiger partial charge in [-0.25, -0.2) is 4.98 Å². The number of nitrogens with zero attached hydrogens (tertiary/aromatic N) is 4. The van der Waals surface area contributed by atoms with E-state index < -0.39 is 0 Å². The normalized spacial score (nSPS) is 11.1. The van der Waals surface area contributed by atoms with Crippen molar-refractivity contribution in [3.8, 4) is 0 Å². The number of nitrogens with one attached hydrogen (secondary N) is 1. The highest BCUT2D eigenvalue weighted by molar-refractivity contribution is 5.83. The van der Waals surface area contributed by atoms with Gasteiger partial charge in [0.2, 0.25) is 5.65 Å². The zero-order chi connectivity index (χ0) is 14.9. The van der Waals surface area contributed by atoms with E-state index >= 15 is 0 Å². The molecule has 0 saturated heterocycles. The lowest BCUT2D eigenvalue weighted by Crippen LogP contribution is -2.00. The van der Waals surface area contributed by atoms with Gasteiger partial charge >= 0.3 is 0 Å². The summed E-state index contributed by atoms with van der Waals surface area (Å²) in [6, 6.07) is 16.3. The van der Waals surface area contributed by atoms with Crippen molar-refractivity contribution in [2.24, 2.45) is 0 Å². The van der Waals surface area contributed by atoms with Crippen LogP contribution >= 0.6 is 0 Å². The molecule has 4 aromatic rings. The van der Waals surface area contributed by atoms with Gasteiger partial charge in [0.1, 0.15) is 6.33 Å². The van der Waals surface area contributed by atoms with Gasteiger partial charge in [-0.15, -0.1) is 10.2 Å². The average Bonchev–Trinajstić information content (AvgIpc) is 3.06. The van der Waals surface area contributed by atoms with Crippen LogP contribution in [0.2, 0.25) is 0 Å². The summed E-state index contributed by atoms with van der Waals surface area (Å²) >= 11 is 0. The molecule has 2 aromatic carbocycles. The van der Waals surface area contributed by atoms with Crippen molar-refractivity contribution in [3.05, 3.63) is 60.4 Å². The molecule has 5 nitrogen and oxygen atoms in total. The molecular weight excluding hydrogens is 274 g/mol. The van der Waals surface area contributed by atoms with Crippen LogP contribution in [0.4, 0.5) is 11.5 Å². The fourth-order valence-electron chi connectivity index (χ4n) is 2.55. The number of aryl methyl sites for hydroxylation is 1. The monoisotopic (exact) mass is 289 g/mol. The van der Waals surface area contributed by atoms with Crippen LogP contribution < -0.4 is 5.32 Å². The zero-order valence-corrected chi connectivity index (χ0v) is 12.2. The number of para-hydroxylation sites is 2. The third-order valence-corrected chi connectivity index (χ3v) is 3.76. The molecule has 4 rings (SSSR count). The molecule has 0 aliphatic carbocycles. The molecule has 22 heavy (non-hydrogen) atoms. The summed E-state index contributed by atoms with van der Waals surface area (Å²) in [5, 5.41) is 11.5. The molecule has 0 spiro atoms. The van der Waals surface area contributed by atoms with Crippen LogP contribution in [0.15, 0.2) is 54.9 Å². The lowest BCUT2D eigenvalue weighted by molar-refractivity contribution is 1.11. The SMILES string of the molecule is CCc1ccc(Nc2nc3ccccc3n3cnnc23)cc1. The first-order valence-electron chi connectivity index (χ1n) is 7.29. The van der Waals surface area contributed by atoms with Crippen molar-refractivity contribution in [1.29, 1.82) is 0 Å². The first-order chi connectivity index (χ1) is 10.8. The van der Waals surface area contributed by atoms with Crippen molar-refractivity contribution in [3.63, 3.8) is 0 Å². The summed E-state index contributed by atoms with van der Waals surface area (Å²) in [5.41, 5.74) is 4.92. The predicted molar refractivity (Wildman–Crippen MR) is 87.4 cm³/mol. The maximum atomic E-state index is 4.68. The Balaban J connectivity index is 1.83. The Morgan fingerprint density at radius 2 is 1.86 bits per heavy atom. The lowest BCUT2D eigenvalue weighted by atomic mass is 10.1. The van der Waals surface area contributed by atoms with E-state index in [1.165, 1.54) is 5.56 Å². The minimum Gasteiger partial charge on any atom is -0.337 e. The fourth-order valence-corrected chi connectivity index (χ4v) is 2.55. The van der Waals surface area contributed by atoms with Crippen LogP contribution in [-0.4, -0.2) is 19.6 Å². The smallest absolute Gasteiger partial charge is 0.204 e. The largest absolute Gasteiger partial charge is 0.337 e. The van der Waals surface area contributed by atoms with E-state index in [4.69, 9.17) is 0 Å². The summed E-state index contributed by atoms with van der Waals surface area (Å²) < 4.78 is 1.95. The Labute approximate surface area is 127 Å². The number of fused-ring (bicyclic) bond motifs is 3. The second-order valence-electron chi connectivity index (χ2n) is 5.15. The number of benzene rings is 2. The quantitative estimate of drug-likeness (QED) is 0.626. The van der Waals surface area contributed by atoms with E-state index in [9.17, 15) is 0 Å². The molecule has 0 saturated carbocycles. The van der Waals surface area contributed by atoms with Gasteiger partial charge in [0.15, 0.2) is 5.82 Å². The van der Waals surface area contributed by atoms with Crippen molar-refractivity contribution >= 4 is 28.2 Å². The van der Waals surface area contributed by atoms with Crippen molar-refractivity contribution < 1.29 is 0 Å². The molecule has 1 N–H and O–H groups in total. The number of anilines is 2. The number of hydrogen-bond acceptors (Lipinski definition) is 4. The molecule has 0 amide bonds.